The summed E-state index contributed by atoms with van der Waals surface area (Å²) in [6.07, 6.45) is 1.66. The van der Waals surface area contributed by atoms with Crippen molar-refractivity contribution >= 4 is 6.47 Å². The molecule has 0 aromatic rings. The van der Waals surface area contributed by atoms with E-state index < -0.39 is 0 Å². The van der Waals surface area contributed by atoms with Crippen molar-refractivity contribution in [1.29, 1.82) is 0 Å². The predicted octanol–water partition coefficient (Wildman–Crippen LogP) is 0.953. The fraction of sp³-hybridized carbons (Fsp3) is 0.900. The third kappa shape index (κ3) is 8.01. The second-order valence-corrected chi connectivity index (χ2v) is 4.18. The van der Waals surface area contributed by atoms with Gasteiger partial charge in [-0.2, -0.15) is 0 Å². The first-order valence-electron chi connectivity index (χ1n) is 4.84. The lowest BCUT2D eigenvalue weighted by molar-refractivity contribution is -0.138. The lowest BCUT2D eigenvalue weighted by Crippen LogP contribution is -2.17. The van der Waals surface area contributed by atoms with Gasteiger partial charge in [-0.1, -0.05) is 0 Å². The number of rotatable bonds is 2. The highest BCUT2D eigenvalue weighted by molar-refractivity contribution is 5.37. The van der Waals surface area contributed by atoms with Crippen molar-refractivity contribution in [2.75, 3.05) is 20.2 Å². The highest BCUT2D eigenvalue weighted by Crippen LogP contribution is 2.02. The Morgan fingerprint density at radius 3 is 2.21 bits per heavy atom. The van der Waals surface area contributed by atoms with Crippen molar-refractivity contribution in [3.05, 3.63) is 0 Å². The van der Waals surface area contributed by atoms with Crippen LogP contribution in [0.1, 0.15) is 27.2 Å². The topological polar surface area (TPSA) is 47.6 Å². The molecule has 0 saturated carbocycles. The maximum Gasteiger partial charge on any atom is 0.293 e. The Morgan fingerprint density at radius 2 is 2.07 bits per heavy atom. The van der Waals surface area contributed by atoms with Crippen molar-refractivity contribution in [2.45, 2.75) is 38.9 Å². The maximum absolute atomic E-state index is 9.60. The molecule has 0 aromatic heterocycles. The normalized spacial score (nSPS) is 21.0. The quantitative estimate of drug-likeness (QED) is 0.679. The fourth-order valence-electron chi connectivity index (χ4n) is 0.974. The molecule has 84 valence electrons. The van der Waals surface area contributed by atoms with Crippen LogP contribution in [0.25, 0.3) is 0 Å². The molecule has 0 spiro atoms. The van der Waals surface area contributed by atoms with E-state index in [9.17, 15) is 4.79 Å². The van der Waals surface area contributed by atoms with Crippen molar-refractivity contribution < 1.29 is 14.3 Å². The van der Waals surface area contributed by atoms with E-state index in [2.05, 4.69) is 10.1 Å². The highest BCUT2D eigenvalue weighted by atomic mass is 16.5. The molecule has 1 fully saturated rings. The maximum atomic E-state index is 9.60. The fourth-order valence-corrected chi connectivity index (χ4v) is 0.974. The first kappa shape index (κ1) is 13.4. The highest BCUT2D eigenvalue weighted by Gasteiger charge is 2.11. The van der Waals surface area contributed by atoms with Gasteiger partial charge in [0.05, 0.1) is 6.10 Å². The van der Waals surface area contributed by atoms with E-state index in [1.165, 1.54) is 6.42 Å². The number of ether oxygens (including phenoxy) is 2. The van der Waals surface area contributed by atoms with E-state index in [0.29, 0.717) is 12.6 Å². The van der Waals surface area contributed by atoms with E-state index in [1.807, 2.05) is 20.8 Å². The van der Waals surface area contributed by atoms with Crippen LogP contribution in [-0.2, 0) is 14.3 Å². The lowest BCUT2D eigenvalue weighted by atomic mass is 10.2. The van der Waals surface area contributed by atoms with Crippen molar-refractivity contribution in [1.82, 2.24) is 5.32 Å². The monoisotopic (exact) mass is 203 g/mol. The average molecular weight is 203 g/mol. The van der Waals surface area contributed by atoms with Crippen LogP contribution in [0.3, 0.4) is 0 Å². The minimum absolute atomic E-state index is 0.318. The van der Waals surface area contributed by atoms with Crippen molar-refractivity contribution in [3.63, 3.8) is 0 Å². The molecule has 1 atom stereocenters. The molecule has 0 amide bonds. The Bertz CT molecular complexity index is 148. The molecule has 0 aromatic carbocycles. The molecule has 0 unspecified atom stereocenters. The Morgan fingerprint density at radius 1 is 1.43 bits per heavy atom. The van der Waals surface area contributed by atoms with Crippen LogP contribution in [0.2, 0.25) is 0 Å². The number of nitrogens with one attached hydrogen (secondary N) is 1. The van der Waals surface area contributed by atoms with E-state index >= 15 is 0 Å². The number of carbonyl (C=O) groups is 1. The van der Waals surface area contributed by atoms with Crippen LogP contribution in [0.15, 0.2) is 0 Å². The summed E-state index contributed by atoms with van der Waals surface area (Å²) in [5.41, 5.74) is -0.318. The summed E-state index contributed by atoms with van der Waals surface area (Å²) >= 11 is 0. The van der Waals surface area contributed by atoms with Gasteiger partial charge in [0.1, 0.15) is 5.60 Å². The molecule has 4 nitrogen and oxygen atoms in total. The molecule has 1 aliphatic rings. The standard InChI is InChI=1S/C5H11NO.C5H10O2/c1-7-5-2-3-6-4-5;1-5(2,3)7-4-6/h5-6H,2-4H2,1H3;4H,1-3H3/t5-;/m0./s1. The summed E-state index contributed by atoms with van der Waals surface area (Å²) in [6.45, 7) is 8.08. The van der Waals surface area contributed by atoms with Crippen LogP contribution in [0, 0.1) is 0 Å². The smallest absolute Gasteiger partial charge is 0.293 e. The largest absolute Gasteiger partial charge is 0.462 e. The van der Waals surface area contributed by atoms with Gasteiger partial charge in [-0.3, -0.25) is 4.79 Å². The molecule has 1 N–H and O–H groups in total. The van der Waals surface area contributed by atoms with Crippen LogP contribution in [0.5, 0.6) is 0 Å². The van der Waals surface area contributed by atoms with Crippen LogP contribution >= 0.6 is 0 Å². The molecular formula is C10H21NO3. The van der Waals surface area contributed by atoms with Crippen molar-refractivity contribution in [3.8, 4) is 0 Å². The van der Waals surface area contributed by atoms with Gasteiger partial charge < -0.3 is 14.8 Å². The Balaban J connectivity index is 0.000000241. The Kier molecular flexibility index (Phi) is 6.49. The Labute approximate surface area is 86.0 Å². The van der Waals surface area contributed by atoms with Gasteiger partial charge in [0.15, 0.2) is 0 Å². The number of carbonyl (C=O) groups excluding carboxylic acids is 1. The van der Waals surface area contributed by atoms with Gasteiger partial charge in [0, 0.05) is 13.7 Å². The SMILES string of the molecule is CC(C)(C)OC=O.CO[C@H]1CCNC1. The second kappa shape index (κ2) is 6.79. The molecule has 0 radical (unpaired) electrons. The predicted molar refractivity (Wildman–Crippen MR) is 55.2 cm³/mol. The third-order valence-electron chi connectivity index (χ3n) is 1.75. The zero-order valence-electron chi connectivity index (χ0n) is 9.50. The summed E-state index contributed by atoms with van der Waals surface area (Å²) in [4.78, 5) is 9.60. The molecular weight excluding hydrogens is 182 g/mol. The summed E-state index contributed by atoms with van der Waals surface area (Å²) < 4.78 is 9.60. The van der Waals surface area contributed by atoms with E-state index in [1.54, 1.807) is 7.11 Å². The molecule has 1 saturated heterocycles. The summed E-state index contributed by atoms with van der Waals surface area (Å²) in [5.74, 6) is 0. The molecule has 0 bridgehead atoms. The molecule has 1 heterocycles. The summed E-state index contributed by atoms with van der Waals surface area (Å²) in [7, 11) is 1.76. The first-order chi connectivity index (χ1) is 6.49. The molecule has 1 rings (SSSR count). The molecule has 14 heavy (non-hydrogen) atoms. The minimum atomic E-state index is -0.318. The van der Waals surface area contributed by atoms with Gasteiger partial charge in [0.2, 0.25) is 0 Å². The number of hydrogen-bond donors (Lipinski definition) is 1. The van der Waals surface area contributed by atoms with Gasteiger partial charge >= 0.3 is 0 Å². The summed E-state index contributed by atoms with van der Waals surface area (Å²) in [6, 6.07) is 0. The van der Waals surface area contributed by atoms with E-state index in [-0.39, 0.29) is 5.60 Å². The number of hydrogen-bond acceptors (Lipinski definition) is 4. The lowest BCUT2D eigenvalue weighted by Gasteiger charge is -2.14. The van der Waals surface area contributed by atoms with Gasteiger partial charge in [-0.25, -0.2) is 0 Å². The zero-order chi connectivity index (χ0) is 11.0. The van der Waals surface area contributed by atoms with Gasteiger partial charge in [0.25, 0.3) is 6.47 Å². The van der Waals surface area contributed by atoms with Crippen molar-refractivity contribution in [2.24, 2.45) is 0 Å². The molecule has 4 heteroatoms. The van der Waals surface area contributed by atoms with E-state index in [0.717, 1.165) is 13.1 Å². The van der Waals surface area contributed by atoms with Crippen LogP contribution in [0.4, 0.5) is 0 Å². The number of methoxy groups -OCH3 is 1. The molecule has 1 aliphatic heterocycles. The first-order valence-corrected chi connectivity index (χ1v) is 4.84. The summed E-state index contributed by atoms with van der Waals surface area (Å²) in [5, 5.41) is 3.20. The second-order valence-electron chi connectivity index (χ2n) is 4.18. The van der Waals surface area contributed by atoms with E-state index in [4.69, 9.17) is 4.74 Å². The Hall–Kier alpha value is -0.610. The van der Waals surface area contributed by atoms with Crippen LogP contribution < -0.4 is 5.32 Å². The zero-order valence-corrected chi connectivity index (χ0v) is 9.50. The van der Waals surface area contributed by atoms with Crippen LogP contribution in [-0.4, -0.2) is 38.4 Å². The molecule has 0 aliphatic carbocycles. The van der Waals surface area contributed by atoms with Gasteiger partial charge in [-0.15, -0.1) is 0 Å². The third-order valence-corrected chi connectivity index (χ3v) is 1.75. The average Bonchev–Trinajstić information content (AvgIpc) is 2.54. The minimum Gasteiger partial charge on any atom is -0.462 e. The van der Waals surface area contributed by atoms with Gasteiger partial charge in [-0.05, 0) is 33.7 Å².